The standard InChI is InChI=1S/C23H38N3O25P3/c1-7(28)24-12-16(33)14(31)10(6-44-52(38,39)50-22-19(36)17(34)13(30)8(4-27)47-22)48-21(12)49-54(42,43)51-53(40,41)45-5-9-15(32)18(35)20(46-9)26-3-2-11(29)25-23(26)37/h2-3,8-10,12-22,27,30-36H,4-6H2,1H3,(H,24,28)(H,38,39)(H,40,41)(H,42,43)(H,25,29,37)/t8-,9-,10-,12-,13+,14-,15-,16-,17+,18-,19-,20-,21+,22+/m1/s1. The normalized spacial score (nSPS) is 39.3. The Kier molecular flexibility index (Phi) is 14.7. The van der Waals surface area contributed by atoms with E-state index >= 15 is 0 Å². The van der Waals surface area contributed by atoms with Gasteiger partial charge in [-0.15, -0.1) is 0 Å². The maximum absolute atomic E-state index is 12.9. The van der Waals surface area contributed by atoms with Gasteiger partial charge in [-0.1, -0.05) is 0 Å². The van der Waals surface area contributed by atoms with Crippen LogP contribution in [0.4, 0.5) is 0 Å². The minimum Gasteiger partial charge on any atom is -0.394 e. The lowest BCUT2D eigenvalue weighted by Gasteiger charge is -2.42. The Morgan fingerprint density at radius 1 is 0.759 bits per heavy atom. The number of carbonyl (C=O) groups is 1. The predicted molar refractivity (Wildman–Crippen MR) is 164 cm³/mol. The lowest BCUT2D eigenvalue weighted by Crippen LogP contribution is -2.64. The molecule has 54 heavy (non-hydrogen) atoms. The fourth-order valence-corrected chi connectivity index (χ4v) is 8.22. The predicted octanol–water partition coefficient (Wildman–Crippen LogP) is -6.71. The first kappa shape index (κ1) is 44.8. The van der Waals surface area contributed by atoms with E-state index in [1.807, 2.05) is 10.3 Å². The number of ether oxygens (including phenoxy) is 3. The van der Waals surface area contributed by atoms with Crippen molar-refractivity contribution in [3.63, 3.8) is 0 Å². The van der Waals surface area contributed by atoms with Gasteiger partial charge in [-0.25, -0.2) is 18.5 Å². The quantitative estimate of drug-likeness (QED) is 0.0729. The van der Waals surface area contributed by atoms with Crippen molar-refractivity contribution in [2.75, 3.05) is 19.8 Å². The van der Waals surface area contributed by atoms with Gasteiger partial charge in [0.15, 0.2) is 18.8 Å². The number of nitrogens with zero attached hydrogens (tertiary/aromatic N) is 1. The van der Waals surface area contributed by atoms with Gasteiger partial charge < -0.3 is 75.1 Å². The molecular formula is C23H38N3O25P3. The molecular weight excluding hydrogens is 811 g/mol. The number of aliphatic hydroxyl groups excluding tert-OH is 8. The summed E-state index contributed by atoms with van der Waals surface area (Å²) in [5, 5.41) is 82.9. The summed E-state index contributed by atoms with van der Waals surface area (Å²) in [5.74, 6) is -0.949. The minimum absolute atomic E-state index is 0.673. The van der Waals surface area contributed by atoms with Gasteiger partial charge in [0.1, 0.15) is 67.1 Å². The van der Waals surface area contributed by atoms with E-state index < -0.39 is 146 Å². The number of rotatable bonds is 15. The lowest BCUT2D eigenvalue weighted by molar-refractivity contribution is -0.282. The molecule has 0 spiro atoms. The zero-order valence-electron chi connectivity index (χ0n) is 27.3. The van der Waals surface area contributed by atoms with Gasteiger partial charge in [0, 0.05) is 19.2 Å². The molecule has 0 aromatic carbocycles. The summed E-state index contributed by atoms with van der Waals surface area (Å²) in [6, 6.07) is -1.07. The third-order valence-electron chi connectivity index (χ3n) is 7.87. The molecule has 0 aliphatic carbocycles. The van der Waals surface area contributed by atoms with Crippen LogP contribution in [-0.2, 0) is 55.1 Å². The van der Waals surface area contributed by atoms with E-state index in [0.29, 0.717) is 4.57 Å². The van der Waals surface area contributed by atoms with Gasteiger partial charge in [-0.3, -0.25) is 37.2 Å². The Morgan fingerprint density at radius 3 is 1.89 bits per heavy atom. The highest BCUT2D eigenvalue weighted by atomic mass is 31.3. The number of nitrogens with one attached hydrogen (secondary N) is 2. The number of amides is 1. The molecule has 13 N–H and O–H groups in total. The Balaban J connectivity index is 1.40. The monoisotopic (exact) mass is 849 g/mol. The highest BCUT2D eigenvalue weighted by Gasteiger charge is 2.52. The molecule has 0 saturated carbocycles. The van der Waals surface area contributed by atoms with Crippen molar-refractivity contribution in [2.24, 2.45) is 0 Å². The third kappa shape index (κ3) is 10.9. The van der Waals surface area contributed by atoms with Crippen LogP contribution in [0.15, 0.2) is 21.9 Å². The number of phosphoric ester groups is 3. The Bertz CT molecular complexity index is 1730. The van der Waals surface area contributed by atoms with Crippen LogP contribution in [0.2, 0.25) is 0 Å². The molecule has 28 nitrogen and oxygen atoms in total. The molecule has 4 heterocycles. The maximum Gasteiger partial charge on any atom is 0.483 e. The smallest absolute Gasteiger partial charge is 0.394 e. The van der Waals surface area contributed by atoms with Crippen LogP contribution in [0.5, 0.6) is 0 Å². The zero-order valence-corrected chi connectivity index (χ0v) is 30.0. The molecule has 1 aromatic heterocycles. The van der Waals surface area contributed by atoms with Crippen LogP contribution in [0.1, 0.15) is 13.2 Å². The number of carbonyl (C=O) groups excluding carboxylic acids is 1. The summed E-state index contributed by atoms with van der Waals surface area (Å²) in [5.41, 5.74) is -1.86. The first-order chi connectivity index (χ1) is 25.0. The SMILES string of the molecule is CC(=O)N[C@H]1[C@H](OP(=O)(O)OP(=O)(O)OC[C@H]2O[C@@H](n3ccc(=O)[nH]c3=O)[C@H](O)[C@@H]2O)O[C@H](COP(=O)(O)O[C@@H]2O[C@H](CO)[C@H](O)[C@H](O)[C@H]2O)[C@@H](O)[C@@H]1O. The summed E-state index contributed by atoms with van der Waals surface area (Å²) in [6.45, 7) is -2.44. The van der Waals surface area contributed by atoms with E-state index in [2.05, 4.69) is 17.9 Å². The largest absolute Gasteiger partial charge is 0.483 e. The van der Waals surface area contributed by atoms with Gasteiger partial charge in [-0.05, 0) is 0 Å². The fourth-order valence-electron chi connectivity index (χ4n) is 5.23. The molecule has 31 heteroatoms. The van der Waals surface area contributed by atoms with Gasteiger partial charge in [0.25, 0.3) is 5.56 Å². The van der Waals surface area contributed by atoms with Gasteiger partial charge >= 0.3 is 29.2 Å². The number of aromatic amines is 1. The molecule has 1 aromatic rings. The van der Waals surface area contributed by atoms with Crippen LogP contribution in [0.3, 0.4) is 0 Å². The second-order valence-corrected chi connectivity index (χ2v) is 16.2. The molecule has 3 saturated heterocycles. The van der Waals surface area contributed by atoms with Crippen LogP contribution in [-0.4, -0.2) is 170 Å². The fraction of sp³-hybridized carbons (Fsp3) is 0.783. The molecule has 3 fully saturated rings. The van der Waals surface area contributed by atoms with Gasteiger partial charge in [-0.2, -0.15) is 4.31 Å². The van der Waals surface area contributed by atoms with Crippen molar-refractivity contribution in [3.8, 4) is 0 Å². The van der Waals surface area contributed by atoms with E-state index in [0.717, 1.165) is 19.2 Å². The van der Waals surface area contributed by atoms with E-state index in [1.54, 1.807) is 0 Å². The van der Waals surface area contributed by atoms with Crippen molar-refractivity contribution in [1.29, 1.82) is 0 Å². The van der Waals surface area contributed by atoms with Crippen LogP contribution < -0.4 is 16.6 Å². The Labute approximate surface area is 300 Å². The Morgan fingerprint density at radius 2 is 1.30 bits per heavy atom. The number of H-pyrrole nitrogens is 1. The molecule has 1 amide bonds. The number of phosphoric acid groups is 3. The van der Waals surface area contributed by atoms with E-state index in [4.69, 9.17) is 18.7 Å². The third-order valence-corrected chi connectivity index (χ3v) is 11.4. The maximum atomic E-state index is 12.9. The van der Waals surface area contributed by atoms with Crippen molar-refractivity contribution >= 4 is 29.4 Å². The lowest BCUT2D eigenvalue weighted by atomic mass is 9.97. The topological polar surface area (TPSA) is 432 Å². The summed E-state index contributed by atoms with van der Waals surface area (Å²) >= 11 is 0. The highest BCUT2D eigenvalue weighted by Crippen LogP contribution is 2.61. The average molecular weight is 849 g/mol. The van der Waals surface area contributed by atoms with Crippen molar-refractivity contribution in [3.05, 3.63) is 33.1 Å². The van der Waals surface area contributed by atoms with Crippen molar-refractivity contribution in [1.82, 2.24) is 14.9 Å². The van der Waals surface area contributed by atoms with Crippen LogP contribution in [0.25, 0.3) is 0 Å². The zero-order chi connectivity index (χ0) is 40.5. The van der Waals surface area contributed by atoms with Crippen molar-refractivity contribution < 1.29 is 111 Å². The van der Waals surface area contributed by atoms with Gasteiger partial charge in [0.05, 0.1) is 19.8 Å². The summed E-state index contributed by atoms with van der Waals surface area (Å²) in [6.07, 6.45) is -24.7. The second kappa shape index (κ2) is 17.7. The molecule has 0 radical (unpaired) electrons. The molecule has 310 valence electrons. The molecule has 3 aliphatic rings. The van der Waals surface area contributed by atoms with Crippen LogP contribution >= 0.6 is 23.5 Å². The number of aliphatic hydroxyl groups is 8. The Hall–Kier alpha value is -1.92. The number of hydrogen-bond acceptors (Lipinski definition) is 22. The molecule has 4 rings (SSSR count). The van der Waals surface area contributed by atoms with E-state index in [9.17, 15) is 83.6 Å². The number of hydrogen-bond donors (Lipinski definition) is 13. The number of aromatic nitrogens is 2. The highest BCUT2D eigenvalue weighted by molar-refractivity contribution is 7.61. The van der Waals surface area contributed by atoms with Crippen molar-refractivity contribution in [2.45, 2.75) is 92.8 Å². The molecule has 0 bridgehead atoms. The minimum atomic E-state index is -5.92. The van der Waals surface area contributed by atoms with Crippen LogP contribution in [0, 0.1) is 0 Å². The second-order valence-electron chi connectivity index (χ2n) is 11.8. The average Bonchev–Trinajstić information content (AvgIpc) is 3.34. The molecule has 17 atom stereocenters. The molecule has 3 aliphatic heterocycles. The molecule has 3 unspecified atom stereocenters. The van der Waals surface area contributed by atoms with Gasteiger partial charge in [0.2, 0.25) is 5.91 Å². The summed E-state index contributed by atoms with van der Waals surface area (Å²) in [7, 11) is -17.0. The summed E-state index contributed by atoms with van der Waals surface area (Å²) in [4.78, 5) is 67.7. The van der Waals surface area contributed by atoms with E-state index in [1.165, 1.54) is 0 Å². The van der Waals surface area contributed by atoms with E-state index in [-0.39, 0.29) is 0 Å². The first-order valence-electron chi connectivity index (χ1n) is 15.2. The first-order valence-corrected chi connectivity index (χ1v) is 19.7. The summed E-state index contributed by atoms with van der Waals surface area (Å²) < 4.78 is 77.1.